The third-order valence-corrected chi connectivity index (χ3v) is 5.20. The Balaban J connectivity index is 1.52. The lowest BCUT2D eigenvalue weighted by Gasteiger charge is -2.12. The highest BCUT2D eigenvalue weighted by atomic mass is 16.5. The van der Waals surface area contributed by atoms with Gasteiger partial charge >= 0.3 is 6.03 Å². The summed E-state index contributed by atoms with van der Waals surface area (Å²) in [6.07, 6.45) is 6.17. The fraction of sp³-hybridized carbons (Fsp3) is 0.250. The molecule has 0 aliphatic carbocycles. The van der Waals surface area contributed by atoms with E-state index in [0.29, 0.717) is 23.1 Å². The highest BCUT2D eigenvalue weighted by Crippen LogP contribution is 2.33. The van der Waals surface area contributed by atoms with E-state index in [1.54, 1.807) is 6.07 Å². The molecule has 1 aromatic carbocycles. The Morgan fingerprint density at radius 1 is 1.21 bits per heavy atom. The molecule has 0 saturated carbocycles. The third-order valence-electron chi connectivity index (χ3n) is 5.20. The molecule has 3 heterocycles. The number of allylic oxidation sites excluding steroid dienone is 1. The molecule has 0 fully saturated rings. The van der Waals surface area contributed by atoms with Crippen molar-refractivity contribution in [1.29, 1.82) is 0 Å². The molecule has 2 amide bonds. The van der Waals surface area contributed by atoms with Crippen LogP contribution in [-0.4, -0.2) is 25.7 Å². The largest absolute Gasteiger partial charge is 0.383 e. The van der Waals surface area contributed by atoms with E-state index < -0.39 is 6.03 Å². The maximum atomic E-state index is 12.4. The van der Waals surface area contributed by atoms with Gasteiger partial charge in [0.25, 0.3) is 0 Å². The number of benzene rings is 1. The summed E-state index contributed by atoms with van der Waals surface area (Å²) in [7, 11) is 0. The second kappa shape index (κ2) is 8.78. The minimum absolute atomic E-state index is 0.192. The minimum atomic E-state index is -0.407. The van der Waals surface area contributed by atoms with Gasteiger partial charge in [-0.15, -0.1) is 6.58 Å². The number of fused-ring (bicyclic) bond motifs is 1. The fourth-order valence-electron chi connectivity index (χ4n) is 3.47. The van der Waals surface area contributed by atoms with Crippen LogP contribution in [0.1, 0.15) is 33.0 Å². The van der Waals surface area contributed by atoms with Crippen LogP contribution in [0.2, 0.25) is 0 Å². The molecule has 4 rings (SSSR count). The fourth-order valence-corrected chi connectivity index (χ4v) is 3.47. The number of anilines is 3. The summed E-state index contributed by atoms with van der Waals surface area (Å²) in [6.45, 7) is 10.6. The average Bonchev–Trinajstić information content (AvgIpc) is 3.38. The van der Waals surface area contributed by atoms with Crippen molar-refractivity contribution in [2.24, 2.45) is 0 Å². The summed E-state index contributed by atoms with van der Waals surface area (Å²) in [6, 6.07) is 8.80. The van der Waals surface area contributed by atoms with Gasteiger partial charge in [0.15, 0.2) is 5.82 Å². The molecular weight excluding hydrogens is 418 g/mol. The lowest BCUT2D eigenvalue weighted by Crippen LogP contribution is -2.19. The molecule has 0 atom stereocenters. The molecule has 0 radical (unpaired) electrons. The average molecular weight is 446 g/mol. The van der Waals surface area contributed by atoms with Crippen LogP contribution in [0.15, 0.2) is 60.0 Å². The summed E-state index contributed by atoms with van der Waals surface area (Å²) in [5, 5.41) is 10.2. The molecule has 0 aliphatic heterocycles. The van der Waals surface area contributed by atoms with Gasteiger partial charge in [0.1, 0.15) is 23.6 Å². The van der Waals surface area contributed by atoms with Crippen molar-refractivity contribution in [1.82, 2.24) is 19.7 Å². The van der Waals surface area contributed by atoms with E-state index in [-0.39, 0.29) is 5.41 Å². The normalized spacial score (nSPS) is 11.5. The smallest absolute Gasteiger partial charge is 0.324 e. The summed E-state index contributed by atoms with van der Waals surface area (Å²) in [5.74, 6) is 1.48. The monoisotopic (exact) mass is 445 g/mol. The Hall–Kier alpha value is -4.14. The van der Waals surface area contributed by atoms with Gasteiger partial charge in [-0.1, -0.05) is 44.1 Å². The van der Waals surface area contributed by atoms with Gasteiger partial charge in [-0.25, -0.2) is 14.8 Å². The number of hydrogen-bond donors (Lipinski definition) is 3. The number of nitrogens with two attached hydrogens (primary N) is 1. The molecule has 0 bridgehead atoms. The molecule has 0 spiro atoms. The number of rotatable bonds is 6. The summed E-state index contributed by atoms with van der Waals surface area (Å²) < 4.78 is 7.35. The molecule has 0 saturated heterocycles. The zero-order valence-corrected chi connectivity index (χ0v) is 18.9. The number of nitrogen functional groups attached to an aromatic ring is 1. The van der Waals surface area contributed by atoms with Crippen LogP contribution in [-0.2, 0) is 12.0 Å². The number of aromatic nitrogens is 4. The number of urea groups is 1. The standard InChI is InChI=1S/C24H27N7O2/c1-5-6-11-31-13-17(20-21(25)26-14-27-22(20)31)15-7-9-16(10-8-15)28-23(32)29-19-12-18(33-30-19)24(2,3)4/h5,7-10,12-14H,1,6,11H2,2-4H3,(H2,25,26,27)(H2,28,29,30,32). The lowest BCUT2D eigenvalue weighted by atomic mass is 9.93. The molecule has 9 nitrogen and oxygen atoms in total. The first-order valence-electron chi connectivity index (χ1n) is 10.6. The molecule has 0 aliphatic rings. The number of carbonyl (C=O) groups excluding carboxylic acids is 1. The van der Waals surface area contributed by atoms with Crippen LogP contribution in [0.4, 0.5) is 22.1 Å². The maximum Gasteiger partial charge on any atom is 0.324 e. The highest BCUT2D eigenvalue weighted by molar-refractivity contribution is 6.02. The van der Waals surface area contributed by atoms with E-state index >= 15 is 0 Å². The Bertz CT molecular complexity index is 1300. The van der Waals surface area contributed by atoms with Crippen molar-refractivity contribution in [3.05, 3.63) is 61.3 Å². The molecule has 170 valence electrons. The van der Waals surface area contributed by atoms with Crippen LogP contribution < -0.4 is 16.4 Å². The molecule has 9 heteroatoms. The SMILES string of the molecule is C=CCCn1cc(-c2ccc(NC(=O)Nc3cc(C(C)(C)C)on3)cc2)c2c(N)ncnc21. The molecule has 0 unspecified atom stereocenters. The van der Waals surface area contributed by atoms with Crippen molar-refractivity contribution in [2.75, 3.05) is 16.4 Å². The predicted octanol–water partition coefficient (Wildman–Crippen LogP) is 5.19. The summed E-state index contributed by atoms with van der Waals surface area (Å²) in [5.41, 5.74) is 9.27. The van der Waals surface area contributed by atoms with E-state index in [4.69, 9.17) is 10.3 Å². The first-order valence-corrected chi connectivity index (χ1v) is 10.6. The third kappa shape index (κ3) is 4.72. The van der Waals surface area contributed by atoms with Crippen molar-refractivity contribution in [3.8, 4) is 11.1 Å². The maximum absolute atomic E-state index is 12.4. The van der Waals surface area contributed by atoms with E-state index in [9.17, 15) is 4.79 Å². The number of nitrogens with one attached hydrogen (secondary N) is 2. The number of amides is 2. The van der Waals surface area contributed by atoms with Crippen LogP contribution in [0, 0.1) is 0 Å². The molecule has 4 N–H and O–H groups in total. The highest BCUT2D eigenvalue weighted by Gasteiger charge is 2.20. The van der Waals surface area contributed by atoms with Crippen LogP contribution >= 0.6 is 0 Å². The second-order valence-corrected chi connectivity index (χ2v) is 8.75. The van der Waals surface area contributed by atoms with Gasteiger partial charge in [-0.05, 0) is 24.1 Å². The number of aryl methyl sites for hydroxylation is 1. The minimum Gasteiger partial charge on any atom is -0.383 e. The van der Waals surface area contributed by atoms with Crippen molar-refractivity contribution < 1.29 is 9.32 Å². The van der Waals surface area contributed by atoms with Crippen molar-refractivity contribution in [2.45, 2.75) is 39.2 Å². The van der Waals surface area contributed by atoms with Gasteiger partial charge in [-0.2, -0.15) is 0 Å². The predicted molar refractivity (Wildman–Crippen MR) is 130 cm³/mol. The van der Waals surface area contributed by atoms with E-state index in [1.165, 1.54) is 6.33 Å². The van der Waals surface area contributed by atoms with E-state index in [0.717, 1.165) is 35.1 Å². The quantitative estimate of drug-likeness (QED) is 0.351. The van der Waals surface area contributed by atoms with Gasteiger partial charge in [-0.3, -0.25) is 5.32 Å². The Labute approximate surface area is 191 Å². The van der Waals surface area contributed by atoms with Crippen molar-refractivity contribution >= 4 is 34.4 Å². The van der Waals surface area contributed by atoms with Crippen molar-refractivity contribution in [3.63, 3.8) is 0 Å². The Morgan fingerprint density at radius 2 is 1.97 bits per heavy atom. The van der Waals surface area contributed by atoms with E-state index in [2.05, 4.69) is 32.3 Å². The summed E-state index contributed by atoms with van der Waals surface area (Å²) in [4.78, 5) is 20.9. The number of carbonyl (C=O) groups is 1. The molecular formula is C24H27N7O2. The van der Waals surface area contributed by atoms with Gasteiger partial charge in [0, 0.05) is 35.5 Å². The zero-order valence-electron chi connectivity index (χ0n) is 18.9. The Morgan fingerprint density at radius 3 is 2.64 bits per heavy atom. The number of nitrogens with zero attached hydrogens (tertiary/aromatic N) is 4. The first-order chi connectivity index (χ1) is 15.8. The molecule has 33 heavy (non-hydrogen) atoms. The van der Waals surface area contributed by atoms with Crippen LogP contribution in [0.25, 0.3) is 22.2 Å². The number of hydrogen-bond acceptors (Lipinski definition) is 6. The van der Waals surface area contributed by atoms with Gasteiger partial charge < -0.3 is 20.1 Å². The second-order valence-electron chi connectivity index (χ2n) is 8.75. The van der Waals surface area contributed by atoms with Crippen LogP contribution in [0.5, 0.6) is 0 Å². The van der Waals surface area contributed by atoms with Crippen LogP contribution in [0.3, 0.4) is 0 Å². The topological polar surface area (TPSA) is 124 Å². The zero-order chi connectivity index (χ0) is 23.6. The lowest BCUT2D eigenvalue weighted by molar-refractivity contribution is 0.262. The molecule has 4 aromatic rings. The first kappa shape index (κ1) is 22.1. The van der Waals surface area contributed by atoms with Gasteiger partial charge in [0.05, 0.1) is 5.39 Å². The molecule has 3 aromatic heterocycles. The van der Waals surface area contributed by atoms with Gasteiger partial charge in [0.2, 0.25) is 0 Å². The summed E-state index contributed by atoms with van der Waals surface area (Å²) >= 11 is 0. The Kier molecular flexibility index (Phi) is 5.87. The van der Waals surface area contributed by atoms with E-state index in [1.807, 2.05) is 61.9 Å².